The number of amides is 2. The summed E-state index contributed by atoms with van der Waals surface area (Å²) in [4.78, 5) is 16.9. The van der Waals surface area contributed by atoms with E-state index in [1.807, 2.05) is 13.8 Å². The van der Waals surface area contributed by atoms with Gasteiger partial charge in [-0.1, -0.05) is 0 Å². The van der Waals surface area contributed by atoms with Gasteiger partial charge in [-0.05, 0) is 59.0 Å². The molecule has 2 amide bonds. The minimum Gasteiger partial charge on any atom is -0.379 e. The molecule has 2 atom stereocenters. The van der Waals surface area contributed by atoms with Crippen molar-refractivity contribution in [2.45, 2.75) is 51.7 Å². The quantitative estimate of drug-likeness (QED) is 0.789. The highest BCUT2D eigenvalue weighted by Crippen LogP contribution is 2.29. The van der Waals surface area contributed by atoms with Gasteiger partial charge in [-0.3, -0.25) is 0 Å². The third-order valence-corrected chi connectivity index (χ3v) is 4.58. The number of ether oxygens (including phenoxy) is 1. The molecule has 0 aliphatic carbocycles. The van der Waals surface area contributed by atoms with Crippen molar-refractivity contribution in [3.05, 3.63) is 0 Å². The van der Waals surface area contributed by atoms with E-state index in [9.17, 15) is 4.79 Å². The van der Waals surface area contributed by atoms with Crippen molar-refractivity contribution in [3.63, 3.8) is 0 Å². The number of nitrogens with zero attached hydrogens (tertiary/aromatic N) is 2. The van der Waals surface area contributed by atoms with Crippen LogP contribution in [0, 0.1) is 5.92 Å². The number of hydrogen-bond donors (Lipinski definition) is 1. The first-order valence-corrected chi connectivity index (χ1v) is 8.42. The zero-order chi connectivity index (χ0) is 15.2. The first-order valence-electron chi connectivity index (χ1n) is 8.42. The summed E-state index contributed by atoms with van der Waals surface area (Å²) in [7, 11) is 2.18. The molecule has 2 heterocycles. The van der Waals surface area contributed by atoms with E-state index in [-0.39, 0.29) is 12.1 Å². The maximum Gasteiger partial charge on any atom is 0.317 e. The van der Waals surface area contributed by atoms with Crippen molar-refractivity contribution in [2.24, 2.45) is 5.92 Å². The SMILES string of the molecule is CC(C)OCCCNC(=O)N1CCCC2CN(C)CCC21. The van der Waals surface area contributed by atoms with E-state index >= 15 is 0 Å². The van der Waals surface area contributed by atoms with Gasteiger partial charge in [0.2, 0.25) is 0 Å². The minimum atomic E-state index is 0.124. The van der Waals surface area contributed by atoms with Gasteiger partial charge in [0, 0.05) is 32.3 Å². The average Bonchev–Trinajstić information content (AvgIpc) is 2.45. The van der Waals surface area contributed by atoms with E-state index in [0.717, 1.165) is 45.5 Å². The van der Waals surface area contributed by atoms with Crippen LogP contribution in [-0.4, -0.2) is 67.8 Å². The van der Waals surface area contributed by atoms with Gasteiger partial charge in [0.25, 0.3) is 0 Å². The van der Waals surface area contributed by atoms with Crippen LogP contribution in [0.15, 0.2) is 0 Å². The van der Waals surface area contributed by atoms with Crippen LogP contribution in [-0.2, 0) is 4.74 Å². The topological polar surface area (TPSA) is 44.8 Å². The third-order valence-electron chi connectivity index (χ3n) is 4.58. The van der Waals surface area contributed by atoms with Crippen molar-refractivity contribution >= 4 is 6.03 Å². The molecule has 0 spiro atoms. The molecule has 2 aliphatic heterocycles. The normalized spacial score (nSPS) is 26.8. The van der Waals surface area contributed by atoms with E-state index in [2.05, 4.69) is 22.2 Å². The highest BCUT2D eigenvalue weighted by atomic mass is 16.5. The largest absolute Gasteiger partial charge is 0.379 e. The number of fused-ring (bicyclic) bond motifs is 1. The summed E-state index contributed by atoms with van der Waals surface area (Å²) in [5.41, 5.74) is 0. The Hall–Kier alpha value is -0.810. The van der Waals surface area contributed by atoms with Gasteiger partial charge in [0.05, 0.1) is 6.10 Å². The summed E-state index contributed by atoms with van der Waals surface area (Å²) in [6.45, 7) is 8.65. The fourth-order valence-corrected chi connectivity index (χ4v) is 3.53. The third kappa shape index (κ3) is 4.85. The Morgan fingerprint density at radius 2 is 2.14 bits per heavy atom. The fourth-order valence-electron chi connectivity index (χ4n) is 3.53. The van der Waals surface area contributed by atoms with Crippen molar-refractivity contribution in [1.29, 1.82) is 0 Å². The molecule has 1 N–H and O–H groups in total. The number of hydrogen-bond acceptors (Lipinski definition) is 3. The molecule has 0 radical (unpaired) electrons. The minimum absolute atomic E-state index is 0.124. The van der Waals surface area contributed by atoms with Crippen molar-refractivity contribution < 1.29 is 9.53 Å². The standard InChI is InChI=1S/C16H31N3O2/c1-13(2)21-11-5-8-17-16(20)19-9-4-6-14-12-18(3)10-7-15(14)19/h13-15H,4-12H2,1-3H3,(H,17,20). The maximum atomic E-state index is 12.4. The van der Waals surface area contributed by atoms with Gasteiger partial charge >= 0.3 is 6.03 Å². The molecule has 0 aromatic heterocycles. The Balaban J connectivity index is 1.73. The molecule has 0 saturated carbocycles. The van der Waals surface area contributed by atoms with Gasteiger partial charge < -0.3 is 19.9 Å². The summed E-state index contributed by atoms with van der Waals surface area (Å²) in [5, 5.41) is 3.06. The van der Waals surface area contributed by atoms with Crippen LogP contribution in [0.2, 0.25) is 0 Å². The predicted molar refractivity (Wildman–Crippen MR) is 84.4 cm³/mol. The van der Waals surface area contributed by atoms with Crippen LogP contribution in [0.25, 0.3) is 0 Å². The Labute approximate surface area is 129 Å². The molecular formula is C16H31N3O2. The van der Waals surface area contributed by atoms with Crippen LogP contribution in [0.5, 0.6) is 0 Å². The second kappa shape index (κ2) is 7.99. The molecule has 0 aromatic rings. The van der Waals surface area contributed by atoms with E-state index in [0.29, 0.717) is 18.5 Å². The predicted octanol–water partition coefficient (Wildman–Crippen LogP) is 1.93. The van der Waals surface area contributed by atoms with E-state index in [1.165, 1.54) is 6.42 Å². The number of nitrogens with one attached hydrogen (secondary N) is 1. The molecule has 2 unspecified atom stereocenters. The molecule has 2 aliphatic rings. The Bertz CT molecular complexity index is 335. The zero-order valence-corrected chi connectivity index (χ0v) is 13.8. The first-order chi connectivity index (χ1) is 10.1. The molecule has 21 heavy (non-hydrogen) atoms. The maximum absolute atomic E-state index is 12.4. The molecule has 2 fully saturated rings. The summed E-state index contributed by atoms with van der Waals surface area (Å²) in [5.74, 6) is 0.660. The number of piperidine rings is 2. The molecule has 2 saturated heterocycles. The van der Waals surface area contributed by atoms with Crippen LogP contribution >= 0.6 is 0 Å². The zero-order valence-electron chi connectivity index (χ0n) is 13.8. The van der Waals surface area contributed by atoms with Gasteiger partial charge in [-0.15, -0.1) is 0 Å². The van der Waals surface area contributed by atoms with Crippen LogP contribution < -0.4 is 5.32 Å². The van der Waals surface area contributed by atoms with Crippen molar-refractivity contribution in [2.75, 3.05) is 39.8 Å². The van der Waals surface area contributed by atoms with Crippen LogP contribution in [0.1, 0.15) is 39.5 Å². The molecule has 0 aromatic carbocycles. The highest BCUT2D eigenvalue weighted by molar-refractivity contribution is 5.74. The summed E-state index contributed by atoms with van der Waals surface area (Å²) in [6, 6.07) is 0.570. The van der Waals surface area contributed by atoms with Gasteiger partial charge in [0.1, 0.15) is 0 Å². The lowest BCUT2D eigenvalue weighted by molar-refractivity contribution is 0.0523. The van der Waals surface area contributed by atoms with Gasteiger partial charge in [-0.2, -0.15) is 0 Å². The molecule has 0 bridgehead atoms. The summed E-state index contributed by atoms with van der Waals surface area (Å²) in [6.07, 6.45) is 4.67. The molecule has 2 rings (SSSR count). The Morgan fingerprint density at radius 1 is 1.33 bits per heavy atom. The van der Waals surface area contributed by atoms with Crippen LogP contribution in [0.3, 0.4) is 0 Å². The average molecular weight is 297 g/mol. The Kier molecular flexibility index (Phi) is 6.30. The lowest BCUT2D eigenvalue weighted by atomic mass is 9.84. The first kappa shape index (κ1) is 16.6. The van der Waals surface area contributed by atoms with Crippen molar-refractivity contribution in [1.82, 2.24) is 15.1 Å². The smallest absolute Gasteiger partial charge is 0.317 e. The van der Waals surface area contributed by atoms with E-state index in [1.54, 1.807) is 0 Å². The Morgan fingerprint density at radius 3 is 2.90 bits per heavy atom. The second-order valence-corrected chi connectivity index (χ2v) is 6.72. The second-order valence-electron chi connectivity index (χ2n) is 6.72. The lowest BCUT2D eigenvalue weighted by Gasteiger charge is -2.46. The monoisotopic (exact) mass is 297 g/mol. The van der Waals surface area contributed by atoms with Gasteiger partial charge in [0.15, 0.2) is 0 Å². The summed E-state index contributed by atoms with van der Waals surface area (Å²) >= 11 is 0. The molecule has 122 valence electrons. The molecular weight excluding hydrogens is 266 g/mol. The number of urea groups is 1. The van der Waals surface area contributed by atoms with E-state index in [4.69, 9.17) is 4.74 Å². The number of rotatable bonds is 5. The fraction of sp³-hybridized carbons (Fsp3) is 0.938. The molecule has 5 heteroatoms. The van der Waals surface area contributed by atoms with Gasteiger partial charge in [-0.25, -0.2) is 4.79 Å². The van der Waals surface area contributed by atoms with E-state index < -0.39 is 0 Å². The van der Waals surface area contributed by atoms with Crippen LogP contribution in [0.4, 0.5) is 4.79 Å². The summed E-state index contributed by atoms with van der Waals surface area (Å²) < 4.78 is 5.50. The number of carbonyl (C=O) groups excluding carboxylic acids is 1. The molecule has 5 nitrogen and oxygen atoms in total. The lowest BCUT2D eigenvalue weighted by Crippen LogP contribution is -2.57. The van der Waals surface area contributed by atoms with Crippen molar-refractivity contribution in [3.8, 4) is 0 Å². The highest BCUT2D eigenvalue weighted by Gasteiger charge is 2.37. The number of likely N-dealkylation sites (tertiary alicyclic amines) is 2. The number of carbonyl (C=O) groups is 1.